The van der Waals surface area contributed by atoms with Crippen LogP contribution in [0.1, 0.15) is 0 Å². The van der Waals surface area contributed by atoms with Crippen molar-refractivity contribution in [3.8, 4) is 56.0 Å². The van der Waals surface area contributed by atoms with Gasteiger partial charge in [-0.15, -0.1) is 0 Å². The van der Waals surface area contributed by atoms with Crippen LogP contribution in [0.3, 0.4) is 0 Å². The Kier molecular flexibility index (Phi) is 7.70. The van der Waals surface area contributed by atoms with Gasteiger partial charge in [-0.3, -0.25) is 0 Å². The number of rotatable bonds is 6. The molecule has 8 aromatic carbocycles. The van der Waals surface area contributed by atoms with Crippen LogP contribution in [-0.2, 0) is 0 Å². The lowest BCUT2D eigenvalue weighted by atomic mass is 9.98. The number of carbonyl (C=O) groups excluding carboxylic acids is 1. The summed E-state index contributed by atoms with van der Waals surface area (Å²) in [7, 11) is 0. The number of para-hydroxylation sites is 2. The molecule has 0 aromatic heterocycles. The summed E-state index contributed by atoms with van der Waals surface area (Å²) in [6.07, 6.45) is -0.796. The van der Waals surface area contributed by atoms with Crippen LogP contribution in [0.15, 0.2) is 182 Å². The molecule has 0 aliphatic carbocycles. The molecule has 0 bridgehead atoms. The Bertz CT molecular complexity index is 2240. The summed E-state index contributed by atoms with van der Waals surface area (Å²) in [6.45, 7) is 0. The molecule has 0 fully saturated rings. The highest BCUT2D eigenvalue weighted by atomic mass is 16.7. The number of fused-ring (bicyclic) bond motifs is 2. The predicted molar refractivity (Wildman–Crippen MR) is 196 cm³/mol. The molecule has 228 valence electrons. The Morgan fingerprint density at radius 1 is 0.312 bits per heavy atom. The van der Waals surface area contributed by atoms with Crippen LogP contribution in [0.2, 0.25) is 0 Å². The highest BCUT2D eigenvalue weighted by molar-refractivity contribution is 5.89. The van der Waals surface area contributed by atoms with Crippen LogP contribution in [0.4, 0.5) is 4.79 Å². The average molecular weight is 619 g/mol. The van der Waals surface area contributed by atoms with Crippen molar-refractivity contribution in [1.29, 1.82) is 0 Å². The number of carbonyl (C=O) groups is 1. The van der Waals surface area contributed by atoms with E-state index in [1.165, 1.54) is 21.5 Å². The van der Waals surface area contributed by atoms with Crippen molar-refractivity contribution >= 4 is 27.7 Å². The first-order valence-electron chi connectivity index (χ1n) is 15.9. The Morgan fingerprint density at radius 2 is 0.646 bits per heavy atom. The second-order valence-corrected chi connectivity index (χ2v) is 11.7. The lowest BCUT2D eigenvalue weighted by molar-refractivity contribution is 0.152. The minimum absolute atomic E-state index is 0.429. The van der Waals surface area contributed by atoms with Gasteiger partial charge in [-0.05, 0) is 79.2 Å². The maximum atomic E-state index is 13.2. The third-order valence-corrected chi connectivity index (χ3v) is 8.72. The van der Waals surface area contributed by atoms with Crippen molar-refractivity contribution in [3.05, 3.63) is 182 Å². The van der Waals surface area contributed by atoms with Gasteiger partial charge in [0, 0.05) is 11.1 Å². The van der Waals surface area contributed by atoms with Crippen LogP contribution >= 0.6 is 0 Å². The van der Waals surface area contributed by atoms with E-state index in [0.29, 0.717) is 11.5 Å². The van der Waals surface area contributed by atoms with Crippen molar-refractivity contribution in [1.82, 2.24) is 0 Å². The van der Waals surface area contributed by atoms with Crippen LogP contribution in [0.5, 0.6) is 11.5 Å². The molecule has 8 aromatic rings. The Hall–Kier alpha value is -6.45. The molecular formula is C45H30O3. The van der Waals surface area contributed by atoms with E-state index in [9.17, 15) is 4.79 Å². The summed E-state index contributed by atoms with van der Waals surface area (Å²) in [5.41, 5.74) is 8.01. The predicted octanol–water partition coefficient (Wildman–Crippen LogP) is 12.2. The van der Waals surface area contributed by atoms with E-state index in [1.54, 1.807) is 12.1 Å². The van der Waals surface area contributed by atoms with E-state index < -0.39 is 6.16 Å². The Morgan fingerprint density at radius 3 is 1.08 bits per heavy atom. The van der Waals surface area contributed by atoms with Crippen molar-refractivity contribution in [2.75, 3.05) is 0 Å². The van der Waals surface area contributed by atoms with Gasteiger partial charge in [-0.1, -0.05) is 158 Å². The quantitative estimate of drug-likeness (QED) is 0.137. The van der Waals surface area contributed by atoms with Gasteiger partial charge < -0.3 is 9.47 Å². The molecule has 0 heterocycles. The van der Waals surface area contributed by atoms with Gasteiger partial charge in [-0.25, -0.2) is 4.79 Å². The van der Waals surface area contributed by atoms with Crippen molar-refractivity contribution in [2.24, 2.45) is 0 Å². The summed E-state index contributed by atoms with van der Waals surface area (Å²) >= 11 is 0. The maximum absolute atomic E-state index is 13.2. The molecule has 0 atom stereocenters. The van der Waals surface area contributed by atoms with Gasteiger partial charge in [-0.2, -0.15) is 0 Å². The third kappa shape index (κ3) is 5.93. The van der Waals surface area contributed by atoms with Gasteiger partial charge in [0.1, 0.15) is 11.5 Å². The molecular weight excluding hydrogens is 588 g/mol. The maximum Gasteiger partial charge on any atom is 0.519 e. The van der Waals surface area contributed by atoms with Crippen LogP contribution in [-0.4, -0.2) is 6.16 Å². The lowest BCUT2D eigenvalue weighted by Crippen LogP contribution is -2.14. The molecule has 3 heteroatoms. The van der Waals surface area contributed by atoms with Gasteiger partial charge in [0.15, 0.2) is 0 Å². The molecule has 0 spiro atoms. The van der Waals surface area contributed by atoms with Crippen molar-refractivity contribution < 1.29 is 14.3 Å². The van der Waals surface area contributed by atoms with Crippen molar-refractivity contribution in [2.45, 2.75) is 0 Å². The summed E-state index contributed by atoms with van der Waals surface area (Å²) in [4.78, 5) is 13.2. The Balaban J connectivity index is 0.997. The zero-order valence-corrected chi connectivity index (χ0v) is 26.0. The SMILES string of the molecule is O=C(Oc1ccccc1-c1ccc(-c2ccc3ccccc3c2)cc1)Oc1ccccc1-c1ccc(-c2ccc3ccccc3c2)cc1. The minimum Gasteiger partial charge on any atom is -0.394 e. The zero-order valence-electron chi connectivity index (χ0n) is 26.0. The van der Waals surface area contributed by atoms with E-state index in [1.807, 2.05) is 36.4 Å². The summed E-state index contributed by atoms with van der Waals surface area (Å²) in [5.74, 6) is 0.858. The fourth-order valence-electron chi connectivity index (χ4n) is 6.21. The molecule has 48 heavy (non-hydrogen) atoms. The van der Waals surface area contributed by atoms with Gasteiger partial charge >= 0.3 is 6.16 Å². The largest absolute Gasteiger partial charge is 0.519 e. The Labute approximate surface area is 279 Å². The smallest absolute Gasteiger partial charge is 0.394 e. The standard InChI is InChI=1S/C45H30O3/c46-45(47-43-15-7-5-13-41(43)35-23-17-33(18-24-35)39-27-21-31-9-1-3-11-37(31)29-39)48-44-16-8-6-14-42(44)36-25-19-34(20-26-36)40-28-22-32-10-2-4-12-38(32)30-40/h1-30H. The van der Waals surface area contributed by atoms with E-state index in [2.05, 4.69) is 133 Å². The highest BCUT2D eigenvalue weighted by Gasteiger charge is 2.16. The van der Waals surface area contributed by atoms with E-state index in [4.69, 9.17) is 9.47 Å². The molecule has 0 saturated heterocycles. The monoisotopic (exact) mass is 618 g/mol. The molecule has 8 rings (SSSR count). The third-order valence-electron chi connectivity index (χ3n) is 8.72. The van der Waals surface area contributed by atoms with Gasteiger partial charge in [0.05, 0.1) is 0 Å². The second-order valence-electron chi connectivity index (χ2n) is 11.7. The highest BCUT2D eigenvalue weighted by Crippen LogP contribution is 2.35. The van der Waals surface area contributed by atoms with E-state index >= 15 is 0 Å². The molecule has 0 amide bonds. The summed E-state index contributed by atoms with van der Waals surface area (Å²) < 4.78 is 11.6. The van der Waals surface area contributed by atoms with Crippen LogP contribution in [0, 0.1) is 0 Å². The lowest BCUT2D eigenvalue weighted by Gasteiger charge is -2.13. The molecule has 3 nitrogen and oxygen atoms in total. The number of hydrogen-bond acceptors (Lipinski definition) is 3. The fraction of sp³-hybridized carbons (Fsp3) is 0. The molecule has 0 N–H and O–H groups in total. The summed E-state index contributed by atoms with van der Waals surface area (Å²) in [6, 6.07) is 61.3. The fourth-order valence-corrected chi connectivity index (χ4v) is 6.21. The second kappa shape index (κ2) is 12.7. The summed E-state index contributed by atoms with van der Waals surface area (Å²) in [5, 5.41) is 4.84. The first-order chi connectivity index (χ1) is 23.7. The van der Waals surface area contributed by atoms with E-state index in [0.717, 1.165) is 44.5 Å². The van der Waals surface area contributed by atoms with E-state index in [-0.39, 0.29) is 0 Å². The molecule has 0 radical (unpaired) electrons. The normalized spacial score (nSPS) is 11.0. The zero-order chi connectivity index (χ0) is 32.3. The van der Waals surface area contributed by atoms with Gasteiger partial charge in [0.2, 0.25) is 0 Å². The van der Waals surface area contributed by atoms with Crippen LogP contribution < -0.4 is 9.47 Å². The van der Waals surface area contributed by atoms with Gasteiger partial charge in [0.25, 0.3) is 0 Å². The molecule has 0 aliphatic rings. The number of benzene rings is 8. The molecule has 0 saturated carbocycles. The first-order valence-corrected chi connectivity index (χ1v) is 15.9. The van der Waals surface area contributed by atoms with Crippen LogP contribution in [0.25, 0.3) is 66.1 Å². The molecule has 0 aliphatic heterocycles. The average Bonchev–Trinajstić information content (AvgIpc) is 3.15. The van der Waals surface area contributed by atoms with Crippen molar-refractivity contribution in [3.63, 3.8) is 0 Å². The number of ether oxygens (including phenoxy) is 2. The number of hydrogen-bond donors (Lipinski definition) is 0. The first kappa shape index (κ1) is 29.0. The minimum atomic E-state index is -0.796. The topological polar surface area (TPSA) is 35.5 Å². The molecule has 0 unspecified atom stereocenters.